The number of benzene rings is 3. The van der Waals surface area contributed by atoms with Crippen molar-refractivity contribution < 1.29 is 19.1 Å². The van der Waals surface area contributed by atoms with Gasteiger partial charge in [-0.1, -0.05) is 35.9 Å². The summed E-state index contributed by atoms with van der Waals surface area (Å²) in [4.78, 5) is 26.5. The zero-order chi connectivity index (χ0) is 21.3. The Kier molecular flexibility index (Phi) is 5.33. The molecule has 152 valence electrons. The largest absolute Gasteiger partial charge is 0.497 e. The van der Waals surface area contributed by atoms with Crippen LogP contribution in [0, 0.1) is 0 Å². The van der Waals surface area contributed by atoms with Gasteiger partial charge in [-0.2, -0.15) is 0 Å². The van der Waals surface area contributed by atoms with Crippen molar-refractivity contribution in [3.8, 4) is 11.5 Å². The van der Waals surface area contributed by atoms with Crippen LogP contribution in [0.1, 0.15) is 11.1 Å². The lowest BCUT2D eigenvalue weighted by atomic mass is 10.0. The number of hydrogen-bond donors (Lipinski definition) is 1. The van der Waals surface area contributed by atoms with Crippen molar-refractivity contribution in [2.24, 2.45) is 0 Å². The summed E-state index contributed by atoms with van der Waals surface area (Å²) in [5.74, 6) is 0.861. The van der Waals surface area contributed by atoms with Gasteiger partial charge in [0.05, 0.1) is 20.8 Å². The second-order valence-electron chi connectivity index (χ2n) is 6.77. The number of urea groups is 1. The third kappa shape index (κ3) is 3.69. The fraction of sp³-hybridized carbons (Fsp3) is 0.130. The number of rotatable bonds is 5. The highest BCUT2D eigenvalue weighted by Gasteiger charge is 2.33. The SMILES string of the molecule is COc1ccc2ccc(OC)c(/C=C3\NC(=O)N(Cc4ccc(Cl)cc4)C3=O)c2c1. The smallest absolute Gasteiger partial charge is 0.329 e. The molecule has 6 nitrogen and oxygen atoms in total. The van der Waals surface area contributed by atoms with Crippen LogP contribution in [0.2, 0.25) is 5.02 Å². The second-order valence-corrected chi connectivity index (χ2v) is 7.21. The minimum absolute atomic E-state index is 0.152. The van der Waals surface area contributed by atoms with Crippen LogP contribution in [0.25, 0.3) is 16.8 Å². The van der Waals surface area contributed by atoms with Crippen LogP contribution in [0.15, 0.2) is 60.3 Å². The van der Waals surface area contributed by atoms with Gasteiger partial charge in [0.1, 0.15) is 17.2 Å². The molecule has 1 heterocycles. The summed E-state index contributed by atoms with van der Waals surface area (Å²) in [6.07, 6.45) is 1.64. The molecule has 30 heavy (non-hydrogen) atoms. The van der Waals surface area contributed by atoms with Crippen LogP contribution >= 0.6 is 11.6 Å². The van der Waals surface area contributed by atoms with Crippen molar-refractivity contribution in [3.05, 3.63) is 76.4 Å². The lowest BCUT2D eigenvalue weighted by molar-refractivity contribution is -0.123. The third-order valence-electron chi connectivity index (χ3n) is 4.96. The molecule has 7 heteroatoms. The maximum Gasteiger partial charge on any atom is 0.329 e. The first-order valence-corrected chi connectivity index (χ1v) is 9.61. The molecule has 0 spiro atoms. The number of nitrogens with zero attached hydrogens (tertiary/aromatic N) is 1. The maximum atomic E-state index is 12.9. The summed E-state index contributed by atoms with van der Waals surface area (Å²) < 4.78 is 10.8. The second kappa shape index (κ2) is 8.08. The Morgan fingerprint density at radius 1 is 1.00 bits per heavy atom. The molecule has 0 unspecified atom stereocenters. The molecule has 1 fully saturated rings. The summed E-state index contributed by atoms with van der Waals surface area (Å²) in [5.41, 5.74) is 1.67. The third-order valence-corrected chi connectivity index (χ3v) is 5.21. The molecule has 3 aromatic carbocycles. The Morgan fingerprint density at radius 3 is 2.43 bits per heavy atom. The fourth-order valence-electron chi connectivity index (χ4n) is 3.39. The van der Waals surface area contributed by atoms with E-state index < -0.39 is 11.9 Å². The summed E-state index contributed by atoms with van der Waals surface area (Å²) in [6.45, 7) is 0.152. The number of methoxy groups -OCH3 is 2. The fourth-order valence-corrected chi connectivity index (χ4v) is 3.51. The van der Waals surface area contributed by atoms with E-state index in [-0.39, 0.29) is 12.2 Å². The van der Waals surface area contributed by atoms with Crippen LogP contribution in [-0.4, -0.2) is 31.1 Å². The molecular formula is C23H19ClN2O4. The number of amides is 3. The van der Waals surface area contributed by atoms with Crippen molar-refractivity contribution in [1.29, 1.82) is 0 Å². The van der Waals surface area contributed by atoms with Gasteiger partial charge in [0.2, 0.25) is 0 Å². The molecule has 0 atom stereocenters. The number of hydrogen-bond acceptors (Lipinski definition) is 4. The van der Waals surface area contributed by atoms with E-state index in [9.17, 15) is 9.59 Å². The molecule has 0 aromatic heterocycles. The van der Waals surface area contributed by atoms with Gasteiger partial charge in [-0.3, -0.25) is 9.69 Å². The Bertz CT molecular complexity index is 1170. The lowest BCUT2D eigenvalue weighted by Gasteiger charge is -2.12. The molecule has 0 radical (unpaired) electrons. The quantitative estimate of drug-likeness (QED) is 0.482. The molecule has 1 N–H and O–H groups in total. The molecular weight excluding hydrogens is 404 g/mol. The van der Waals surface area contributed by atoms with Crippen molar-refractivity contribution in [3.63, 3.8) is 0 Å². The summed E-state index contributed by atoms with van der Waals surface area (Å²) in [5, 5.41) is 5.06. The van der Waals surface area contributed by atoms with Gasteiger partial charge in [-0.15, -0.1) is 0 Å². The van der Waals surface area contributed by atoms with E-state index in [2.05, 4.69) is 5.32 Å². The summed E-state index contributed by atoms with van der Waals surface area (Å²) >= 11 is 5.91. The van der Waals surface area contributed by atoms with Crippen molar-refractivity contribution in [2.75, 3.05) is 14.2 Å². The highest BCUT2D eigenvalue weighted by molar-refractivity contribution is 6.30. The van der Waals surface area contributed by atoms with Gasteiger partial charge >= 0.3 is 6.03 Å². The van der Waals surface area contributed by atoms with Crippen LogP contribution in [-0.2, 0) is 11.3 Å². The summed E-state index contributed by atoms with van der Waals surface area (Å²) in [7, 11) is 3.15. The number of fused-ring (bicyclic) bond motifs is 1. The average Bonchev–Trinajstić information content (AvgIpc) is 3.02. The average molecular weight is 423 g/mol. The van der Waals surface area contributed by atoms with Gasteiger partial charge < -0.3 is 14.8 Å². The zero-order valence-electron chi connectivity index (χ0n) is 16.4. The predicted molar refractivity (Wildman–Crippen MR) is 116 cm³/mol. The number of nitrogens with one attached hydrogen (secondary N) is 1. The Balaban J connectivity index is 1.72. The minimum Gasteiger partial charge on any atom is -0.497 e. The van der Waals surface area contributed by atoms with Gasteiger partial charge in [-0.05, 0) is 52.7 Å². The monoisotopic (exact) mass is 422 g/mol. The van der Waals surface area contributed by atoms with E-state index in [0.717, 1.165) is 21.2 Å². The molecule has 3 aromatic rings. The van der Waals surface area contributed by atoms with Crippen LogP contribution < -0.4 is 14.8 Å². The topological polar surface area (TPSA) is 67.9 Å². The van der Waals surface area contributed by atoms with Crippen molar-refractivity contribution in [2.45, 2.75) is 6.54 Å². The van der Waals surface area contributed by atoms with Crippen LogP contribution in [0.4, 0.5) is 4.79 Å². The van der Waals surface area contributed by atoms with Gasteiger partial charge in [0.25, 0.3) is 5.91 Å². The Morgan fingerprint density at radius 2 is 1.73 bits per heavy atom. The van der Waals surface area contributed by atoms with Crippen molar-refractivity contribution >= 4 is 40.4 Å². The van der Waals surface area contributed by atoms with E-state index in [1.165, 1.54) is 0 Å². The van der Waals surface area contributed by atoms with E-state index in [1.807, 2.05) is 30.3 Å². The molecule has 0 bridgehead atoms. The van der Waals surface area contributed by atoms with E-state index in [1.54, 1.807) is 44.6 Å². The van der Waals surface area contributed by atoms with Crippen LogP contribution in [0.5, 0.6) is 11.5 Å². The minimum atomic E-state index is -0.474. The van der Waals surface area contributed by atoms with Gasteiger partial charge in [0.15, 0.2) is 0 Å². The summed E-state index contributed by atoms with van der Waals surface area (Å²) in [6, 6.07) is 16.0. The number of imide groups is 1. The first kappa shape index (κ1) is 19.8. The molecule has 1 aliphatic rings. The van der Waals surface area contributed by atoms with Crippen molar-refractivity contribution in [1.82, 2.24) is 10.2 Å². The normalized spacial score (nSPS) is 15.0. The number of ether oxygens (including phenoxy) is 2. The molecule has 0 saturated carbocycles. The standard InChI is InChI=1S/C23H19ClN2O4/c1-29-17-9-5-15-6-10-21(30-2)19(18(15)11-17)12-20-22(27)26(23(28)25-20)13-14-3-7-16(24)8-4-14/h3-12H,13H2,1-2H3,(H,25,28)/b20-12-. The van der Waals surface area contributed by atoms with Gasteiger partial charge in [0, 0.05) is 10.6 Å². The predicted octanol–water partition coefficient (Wildman–Crippen LogP) is 4.60. The van der Waals surface area contributed by atoms with Gasteiger partial charge in [-0.25, -0.2) is 4.79 Å². The molecule has 3 amide bonds. The molecule has 0 aliphatic carbocycles. The van der Waals surface area contributed by atoms with E-state index in [0.29, 0.717) is 22.1 Å². The molecule has 1 saturated heterocycles. The zero-order valence-corrected chi connectivity index (χ0v) is 17.2. The van der Waals surface area contributed by atoms with E-state index >= 15 is 0 Å². The van der Waals surface area contributed by atoms with Crippen LogP contribution in [0.3, 0.4) is 0 Å². The lowest BCUT2D eigenvalue weighted by Crippen LogP contribution is -2.30. The highest BCUT2D eigenvalue weighted by Crippen LogP contribution is 2.33. The molecule has 4 rings (SSSR count). The number of carbonyl (C=O) groups is 2. The number of carbonyl (C=O) groups excluding carboxylic acids is 2. The Labute approximate surface area is 178 Å². The highest BCUT2D eigenvalue weighted by atomic mass is 35.5. The maximum absolute atomic E-state index is 12.9. The first-order valence-electron chi connectivity index (χ1n) is 9.24. The molecule has 1 aliphatic heterocycles. The van der Waals surface area contributed by atoms with E-state index in [4.69, 9.17) is 21.1 Å². The Hall–Kier alpha value is -3.51. The number of halogens is 1. The first-order chi connectivity index (χ1) is 14.5.